The molecule has 36 heavy (non-hydrogen) atoms. The standard InChI is InChI=1S/C28H32ClN5O2/c29-25-9-7-23(8-10-25)19-34-20-24(17-27(34)35)28(36)32-13-4-12-31(15-16-32)21-26-30-11-14-33(26)18-22-5-2-1-3-6-22/h1-3,5-11,14,24H,4,12-13,15-21H2. The molecule has 1 unspecified atom stereocenters. The third kappa shape index (κ3) is 5.97. The van der Waals surface area contributed by atoms with Gasteiger partial charge in [-0.2, -0.15) is 0 Å². The molecule has 3 aromatic rings. The summed E-state index contributed by atoms with van der Waals surface area (Å²) in [5.41, 5.74) is 2.28. The number of nitrogens with zero attached hydrogens (tertiary/aromatic N) is 5. The molecule has 2 aromatic carbocycles. The van der Waals surface area contributed by atoms with Crippen molar-refractivity contribution >= 4 is 23.4 Å². The van der Waals surface area contributed by atoms with Gasteiger partial charge in [0, 0.05) is 69.7 Å². The molecule has 5 rings (SSSR count). The maximum absolute atomic E-state index is 13.3. The van der Waals surface area contributed by atoms with Crippen molar-refractivity contribution in [1.29, 1.82) is 0 Å². The number of likely N-dealkylation sites (tertiary alicyclic amines) is 1. The molecule has 1 atom stereocenters. The van der Waals surface area contributed by atoms with E-state index in [-0.39, 0.29) is 17.7 Å². The van der Waals surface area contributed by atoms with E-state index in [0.29, 0.717) is 31.1 Å². The van der Waals surface area contributed by atoms with E-state index in [2.05, 4.69) is 38.7 Å². The normalized spacial score (nSPS) is 19.0. The second kappa shape index (κ2) is 11.3. The number of hydrogen-bond donors (Lipinski definition) is 0. The van der Waals surface area contributed by atoms with Gasteiger partial charge in [-0.05, 0) is 29.7 Å². The lowest BCUT2D eigenvalue weighted by molar-refractivity contribution is -0.135. The highest BCUT2D eigenvalue weighted by atomic mass is 35.5. The number of rotatable bonds is 7. The maximum atomic E-state index is 13.3. The van der Waals surface area contributed by atoms with Crippen LogP contribution in [0.25, 0.3) is 0 Å². The van der Waals surface area contributed by atoms with E-state index in [1.807, 2.05) is 47.6 Å². The first kappa shape index (κ1) is 24.5. The van der Waals surface area contributed by atoms with Gasteiger partial charge in [-0.3, -0.25) is 14.5 Å². The number of imidazole rings is 1. The van der Waals surface area contributed by atoms with Crippen LogP contribution in [0.2, 0.25) is 5.02 Å². The van der Waals surface area contributed by atoms with Gasteiger partial charge >= 0.3 is 0 Å². The van der Waals surface area contributed by atoms with E-state index in [0.717, 1.165) is 50.5 Å². The van der Waals surface area contributed by atoms with Gasteiger partial charge in [0.25, 0.3) is 0 Å². The third-order valence-corrected chi connectivity index (χ3v) is 7.37. The highest BCUT2D eigenvalue weighted by Gasteiger charge is 2.36. The molecule has 3 heterocycles. The Kier molecular flexibility index (Phi) is 7.68. The molecule has 7 nitrogen and oxygen atoms in total. The molecule has 0 saturated carbocycles. The Morgan fingerprint density at radius 2 is 1.69 bits per heavy atom. The predicted molar refractivity (Wildman–Crippen MR) is 139 cm³/mol. The zero-order valence-corrected chi connectivity index (χ0v) is 21.2. The minimum absolute atomic E-state index is 0.0463. The van der Waals surface area contributed by atoms with Crippen LogP contribution in [-0.2, 0) is 29.2 Å². The van der Waals surface area contributed by atoms with Gasteiger partial charge < -0.3 is 14.4 Å². The first-order chi connectivity index (χ1) is 17.5. The molecule has 2 aliphatic rings. The van der Waals surface area contributed by atoms with Crippen molar-refractivity contribution in [2.45, 2.75) is 32.5 Å². The minimum atomic E-state index is -0.263. The molecule has 2 fully saturated rings. The van der Waals surface area contributed by atoms with Crippen molar-refractivity contribution in [2.24, 2.45) is 5.92 Å². The Balaban J connectivity index is 1.14. The topological polar surface area (TPSA) is 61.7 Å². The molecule has 0 bridgehead atoms. The fourth-order valence-electron chi connectivity index (χ4n) is 5.12. The van der Waals surface area contributed by atoms with Crippen molar-refractivity contribution in [3.8, 4) is 0 Å². The van der Waals surface area contributed by atoms with Gasteiger partial charge in [0.2, 0.25) is 11.8 Å². The molecule has 0 spiro atoms. The van der Waals surface area contributed by atoms with Crippen LogP contribution >= 0.6 is 11.6 Å². The van der Waals surface area contributed by atoms with E-state index in [4.69, 9.17) is 11.6 Å². The van der Waals surface area contributed by atoms with Crippen molar-refractivity contribution < 1.29 is 9.59 Å². The molecule has 0 radical (unpaired) electrons. The minimum Gasteiger partial charge on any atom is -0.341 e. The highest BCUT2D eigenvalue weighted by Crippen LogP contribution is 2.23. The Morgan fingerprint density at radius 1 is 0.917 bits per heavy atom. The lowest BCUT2D eigenvalue weighted by Gasteiger charge is -2.24. The fraction of sp³-hybridized carbons (Fsp3) is 0.393. The van der Waals surface area contributed by atoms with Crippen LogP contribution in [0.15, 0.2) is 67.0 Å². The van der Waals surface area contributed by atoms with Crippen molar-refractivity contribution in [2.75, 3.05) is 32.7 Å². The molecule has 8 heteroatoms. The number of carbonyl (C=O) groups is 2. The van der Waals surface area contributed by atoms with Gasteiger partial charge in [0.15, 0.2) is 0 Å². The monoisotopic (exact) mass is 505 g/mol. The van der Waals surface area contributed by atoms with Crippen molar-refractivity contribution in [3.05, 3.63) is 89.0 Å². The maximum Gasteiger partial charge on any atom is 0.228 e. The lowest BCUT2D eigenvalue weighted by atomic mass is 10.1. The first-order valence-electron chi connectivity index (χ1n) is 12.6. The summed E-state index contributed by atoms with van der Waals surface area (Å²) in [7, 11) is 0. The fourth-order valence-corrected chi connectivity index (χ4v) is 5.25. The molecule has 2 saturated heterocycles. The largest absolute Gasteiger partial charge is 0.341 e. The number of benzene rings is 2. The van der Waals surface area contributed by atoms with Crippen LogP contribution in [0, 0.1) is 5.92 Å². The number of aromatic nitrogens is 2. The number of amides is 2. The van der Waals surface area contributed by atoms with Crippen molar-refractivity contribution in [1.82, 2.24) is 24.3 Å². The second-order valence-corrected chi connectivity index (χ2v) is 10.2. The average Bonchev–Trinajstić information content (AvgIpc) is 3.39. The summed E-state index contributed by atoms with van der Waals surface area (Å²) in [6.07, 6.45) is 5.10. The number of halogens is 1. The number of hydrogen-bond acceptors (Lipinski definition) is 4. The Hall–Kier alpha value is -3.16. The van der Waals surface area contributed by atoms with Crippen LogP contribution in [-0.4, -0.2) is 68.8 Å². The molecule has 2 aliphatic heterocycles. The molecular weight excluding hydrogens is 474 g/mol. The summed E-state index contributed by atoms with van der Waals surface area (Å²) < 4.78 is 2.20. The van der Waals surface area contributed by atoms with Crippen LogP contribution in [0.4, 0.5) is 0 Å². The molecule has 2 amide bonds. The van der Waals surface area contributed by atoms with E-state index in [1.54, 1.807) is 4.90 Å². The van der Waals surface area contributed by atoms with Crippen LogP contribution in [0.3, 0.4) is 0 Å². The summed E-state index contributed by atoms with van der Waals surface area (Å²) in [6, 6.07) is 17.9. The summed E-state index contributed by atoms with van der Waals surface area (Å²) in [5.74, 6) is 0.929. The summed E-state index contributed by atoms with van der Waals surface area (Å²) in [4.78, 5) is 36.7. The quantitative estimate of drug-likeness (QED) is 0.491. The molecular formula is C28H32ClN5O2. The van der Waals surface area contributed by atoms with Gasteiger partial charge in [-0.1, -0.05) is 54.1 Å². The first-order valence-corrected chi connectivity index (χ1v) is 13.0. The predicted octanol–water partition coefficient (Wildman–Crippen LogP) is 3.67. The molecule has 0 N–H and O–H groups in total. The van der Waals surface area contributed by atoms with Crippen LogP contribution in [0.5, 0.6) is 0 Å². The average molecular weight is 506 g/mol. The van der Waals surface area contributed by atoms with E-state index >= 15 is 0 Å². The summed E-state index contributed by atoms with van der Waals surface area (Å²) in [6.45, 7) is 5.71. The molecule has 1 aromatic heterocycles. The van der Waals surface area contributed by atoms with E-state index in [1.165, 1.54) is 5.56 Å². The van der Waals surface area contributed by atoms with E-state index in [9.17, 15) is 9.59 Å². The third-order valence-electron chi connectivity index (χ3n) is 7.11. The molecule has 188 valence electrons. The van der Waals surface area contributed by atoms with Gasteiger partial charge in [0.05, 0.1) is 12.5 Å². The Bertz CT molecular complexity index is 1180. The lowest BCUT2D eigenvalue weighted by Crippen LogP contribution is -2.40. The Labute approximate surface area is 217 Å². The summed E-state index contributed by atoms with van der Waals surface area (Å²) >= 11 is 5.97. The van der Waals surface area contributed by atoms with Gasteiger partial charge in [-0.25, -0.2) is 4.98 Å². The smallest absolute Gasteiger partial charge is 0.228 e. The van der Waals surface area contributed by atoms with Crippen LogP contribution in [0.1, 0.15) is 29.8 Å². The Morgan fingerprint density at radius 3 is 2.50 bits per heavy atom. The van der Waals surface area contributed by atoms with Gasteiger partial charge in [-0.15, -0.1) is 0 Å². The zero-order valence-electron chi connectivity index (χ0n) is 20.4. The summed E-state index contributed by atoms with van der Waals surface area (Å²) in [5, 5.41) is 0.676. The van der Waals surface area contributed by atoms with Gasteiger partial charge in [0.1, 0.15) is 5.82 Å². The highest BCUT2D eigenvalue weighted by molar-refractivity contribution is 6.30. The zero-order chi connectivity index (χ0) is 24.9. The van der Waals surface area contributed by atoms with E-state index < -0.39 is 0 Å². The SMILES string of the molecule is O=C1CC(C(=O)N2CCCN(Cc3nccn3Cc3ccccc3)CC2)CN1Cc1ccc(Cl)cc1. The second-order valence-electron chi connectivity index (χ2n) is 9.71. The van der Waals surface area contributed by atoms with Crippen LogP contribution < -0.4 is 0 Å². The van der Waals surface area contributed by atoms with Crippen molar-refractivity contribution in [3.63, 3.8) is 0 Å². The number of carbonyl (C=O) groups excluding carboxylic acids is 2. The molecule has 0 aliphatic carbocycles.